The standard InChI is InChI=1S/C18H18N4O3/c1-11-14(9-16(23)20-12(2)15-6-4-8-25-15)18(24)22-17(21-11)13-5-3-7-19-10-13/h3-8,10,12H,9H2,1-2H3,(H,20,23)(H,21,22,24). The second-order valence-electron chi connectivity index (χ2n) is 5.70. The van der Waals surface area contributed by atoms with Crippen molar-refractivity contribution in [2.24, 2.45) is 0 Å². The SMILES string of the molecule is Cc1nc(-c2cccnc2)[nH]c(=O)c1CC(=O)NC(C)c1ccco1. The molecule has 1 amide bonds. The van der Waals surface area contributed by atoms with Crippen molar-refractivity contribution in [1.29, 1.82) is 0 Å². The molecule has 128 valence electrons. The lowest BCUT2D eigenvalue weighted by Gasteiger charge is -2.12. The number of nitrogens with zero attached hydrogens (tertiary/aromatic N) is 2. The van der Waals surface area contributed by atoms with Crippen molar-refractivity contribution in [2.45, 2.75) is 26.3 Å². The van der Waals surface area contributed by atoms with E-state index < -0.39 is 0 Å². The first-order valence-electron chi connectivity index (χ1n) is 7.87. The number of hydrogen-bond donors (Lipinski definition) is 2. The maximum atomic E-state index is 12.4. The van der Waals surface area contributed by atoms with Crippen LogP contribution in [0.15, 0.2) is 52.1 Å². The molecule has 3 rings (SSSR count). The fourth-order valence-electron chi connectivity index (χ4n) is 2.52. The second-order valence-corrected chi connectivity index (χ2v) is 5.70. The zero-order valence-corrected chi connectivity index (χ0v) is 13.9. The van der Waals surface area contributed by atoms with Crippen molar-refractivity contribution >= 4 is 5.91 Å². The lowest BCUT2D eigenvalue weighted by atomic mass is 10.1. The van der Waals surface area contributed by atoms with E-state index in [1.54, 1.807) is 43.8 Å². The lowest BCUT2D eigenvalue weighted by Crippen LogP contribution is -2.31. The Balaban J connectivity index is 1.77. The van der Waals surface area contributed by atoms with Crippen molar-refractivity contribution < 1.29 is 9.21 Å². The molecule has 0 aromatic carbocycles. The summed E-state index contributed by atoms with van der Waals surface area (Å²) < 4.78 is 5.26. The number of nitrogens with one attached hydrogen (secondary N) is 2. The molecule has 1 atom stereocenters. The van der Waals surface area contributed by atoms with Gasteiger partial charge in [0.1, 0.15) is 11.6 Å². The Labute approximate surface area is 144 Å². The van der Waals surface area contributed by atoms with Crippen LogP contribution < -0.4 is 10.9 Å². The maximum Gasteiger partial charge on any atom is 0.255 e. The average molecular weight is 338 g/mol. The van der Waals surface area contributed by atoms with Gasteiger partial charge < -0.3 is 14.7 Å². The van der Waals surface area contributed by atoms with Crippen LogP contribution in [-0.2, 0) is 11.2 Å². The number of hydrogen-bond acceptors (Lipinski definition) is 5. The van der Waals surface area contributed by atoms with Crippen LogP contribution in [-0.4, -0.2) is 20.9 Å². The molecule has 0 aliphatic heterocycles. The Morgan fingerprint density at radius 3 is 2.84 bits per heavy atom. The zero-order valence-electron chi connectivity index (χ0n) is 13.9. The monoisotopic (exact) mass is 338 g/mol. The van der Waals surface area contributed by atoms with Gasteiger partial charge in [-0.2, -0.15) is 0 Å². The summed E-state index contributed by atoms with van der Waals surface area (Å²) in [4.78, 5) is 35.7. The van der Waals surface area contributed by atoms with E-state index in [0.717, 1.165) is 0 Å². The minimum atomic E-state index is -0.327. The van der Waals surface area contributed by atoms with Gasteiger partial charge in [-0.05, 0) is 38.1 Å². The number of aromatic nitrogens is 3. The molecule has 7 heteroatoms. The summed E-state index contributed by atoms with van der Waals surface area (Å²) in [5.41, 5.74) is 1.25. The minimum Gasteiger partial charge on any atom is -0.467 e. The Morgan fingerprint density at radius 2 is 2.20 bits per heavy atom. The van der Waals surface area contributed by atoms with Gasteiger partial charge in [0.15, 0.2) is 0 Å². The molecule has 3 heterocycles. The van der Waals surface area contributed by atoms with Crippen LogP contribution in [0.2, 0.25) is 0 Å². The van der Waals surface area contributed by atoms with Gasteiger partial charge in [0.2, 0.25) is 5.91 Å². The van der Waals surface area contributed by atoms with Gasteiger partial charge in [-0.1, -0.05) is 0 Å². The van der Waals surface area contributed by atoms with Gasteiger partial charge >= 0.3 is 0 Å². The Bertz CT molecular complexity index is 917. The minimum absolute atomic E-state index is 0.0491. The molecule has 0 radical (unpaired) electrons. The smallest absolute Gasteiger partial charge is 0.255 e. The Morgan fingerprint density at radius 1 is 1.36 bits per heavy atom. The molecular weight excluding hydrogens is 320 g/mol. The van der Waals surface area contributed by atoms with Crippen molar-refractivity contribution in [3.63, 3.8) is 0 Å². The largest absolute Gasteiger partial charge is 0.467 e. The zero-order chi connectivity index (χ0) is 17.8. The van der Waals surface area contributed by atoms with Crippen LogP contribution in [0.4, 0.5) is 0 Å². The van der Waals surface area contributed by atoms with E-state index in [1.807, 2.05) is 13.0 Å². The first-order chi connectivity index (χ1) is 12.0. The number of H-pyrrole nitrogens is 1. The van der Waals surface area contributed by atoms with E-state index in [2.05, 4.69) is 20.3 Å². The third kappa shape index (κ3) is 3.82. The molecular formula is C18H18N4O3. The van der Waals surface area contributed by atoms with Crippen molar-refractivity contribution in [1.82, 2.24) is 20.3 Å². The van der Waals surface area contributed by atoms with E-state index in [1.165, 1.54) is 0 Å². The quantitative estimate of drug-likeness (QED) is 0.742. The number of amides is 1. The normalized spacial score (nSPS) is 11.9. The number of furan rings is 1. The molecule has 3 aromatic heterocycles. The molecule has 25 heavy (non-hydrogen) atoms. The molecule has 0 aliphatic carbocycles. The number of carbonyl (C=O) groups excluding carboxylic acids is 1. The molecule has 0 saturated carbocycles. The third-order valence-electron chi connectivity index (χ3n) is 3.84. The predicted octanol–water partition coefficient (Wildman–Crippen LogP) is 2.15. The number of rotatable bonds is 5. The molecule has 0 spiro atoms. The number of pyridine rings is 1. The van der Waals surface area contributed by atoms with Gasteiger partial charge in [0, 0.05) is 29.2 Å². The van der Waals surface area contributed by atoms with Crippen molar-refractivity contribution in [3.05, 3.63) is 70.3 Å². The second kappa shape index (κ2) is 7.12. The predicted molar refractivity (Wildman–Crippen MR) is 91.8 cm³/mol. The van der Waals surface area contributed by atoms with Crippen LogP contribution in [0.3, 0.4) is 0 Å². The highest BCUT2D eigenvalue weighted by atomic mass is 16.3. The van der Waals surface area contributed by atoms with E-state index in [4.69, 9.17) is 4.42 Å². The lowest BCUT2D eigenvalue weighted by molar-refractivity contribution is -0.121. The topological polar surface area (TPSA) is 101 Å². The highest BCUT2D eigenvalue weighted by Crippen LogP contribution is 2.14. The van der Waals surface area contributed by atoms with E-state index >= 15 is 0 Å². The van der Waals surface area contributed by atoms with Gasteiger partial charge in [-0.15, -0.1) is 0 Å². The van der Waals surface area contributed by atoms with Gasteiger partial charge in [-0.25, -0.2) is 4.98 Å². The third-order valence-corrected chi connectivity index (χ3v) is 3.84. The first kappa shape index (κ1) is 16.6. The number of aromatic amines is 1. The Hall–Kier alpha value is -3.22. The van der Waals surface area contributed by atoms with Crippen LogP contribution in [0.5, 0.6) is 0 Å². The molecule has 1 unspecified atom stereocenters. The molecule has 2 N–H and O–H groups in total. The average Bonchev–Trinajstić information content (AvgIpc) is 3.13. The fraction of sp³-hybridized carbons (Fsp3) is 0.222. The van der Waals surface area contributed by atoms with Crippen LogP contribution >= 0.6 is 0 Å². The van der Waals surface area contributed by atoms with Gasteiger partial charge in [0.05, 0.1) is 18.7 Å². The van der Waals surface area contributed by atoms with Gasteiger partial charge in [0.25, 0.3) is 5.56 Å². The summed E-state index contributed by atoms with van der Waals surface area (Å²) in [6.07, 6.45) is 4.77. The number of carbonyl (C=O) groups is 1. The van der Waals surface area contributed by atoms with Crippen molar-refractivity contribution in [3.8, 4) is 11.4 Å². The molecule has 0 aliphatic rings. The Kier molecular flexibility index (Phi) is 4.74. The summed E-state index contributed by atoms with van der Waals surface area (Å²) in [5, 5.41) is 2.81. The highest BCUT2D eigenvalue weighted by Gasteiger charge is 2.16. The molecule has 0 bridgehead atoms. The van der Waals surface area contributed by atoms with Crippen molar-refractivity contribution in [2.75, 3.05) is 0 Å². The van der Waals surface area contributed by atoms with Crippen LogP contribution in [0.1, 0.15) is 30.0 Å². The maximum absolute atomic E-state index is 12.4. The molecule has 7 nitrogen and oxygen atoms in total. The summed E-state index contributed by atoms with van der Waals surface area (Å²) in [6, 6.07) is 6.84. The molecule has 0 fully saturated rings. The summed E-state index contributed by atoms with van der Waals surface area (Å²) in [6.45, 7) is 3.53. The fourth-order valence-corrected chi connectivity index (χ4v) is 2.52. The van der Waals surface area contributed by atoms with E-state index in [9.17, 15) is 9.59 Å². The van der Waals surface area contributed by atoms with Crippen LogP contribution in [0, 0.1) is 6.92 Å². The summed E-state index contributed by atoms with van der Waals surface area (Å²) in [7, 11) is 0. The summed E-state index contributed by atoms with van der Waals surface area (Å²) >= 11 is 0. The van der Waals surface area contributed by atoms with E-state index in [0.29, 0.717) is 28.4 Å². The first-order valence-corrected chi connectivity index (χ1v) is 7.87. The molecule has 0 saturated heterocycles. The van der Waals surface area contributed by atoms with Gasteiger partial charge in [-0.3, -0.25) is 14.6 Å². The number of aryl methyl sites for hydroxylation is 1. The van der Waals surface area contributed by atoms with E-state index in [-0.39, 0.29) is 23.9 Å². The summed E-state index contributed by atoms with van der Waals surface area (Å²) in [5.74, 6) is 0.821. The molecule has 3 aromatic rings. The van der Waals surface area contributed by atoms with Crippen LogP contribution in [0.25, 0.3) is 11.4 Å². The highest BCUT2D eigenvalue weighted by molar-refractivity contribution is 5.79.